The summed E-state index contributed by atoms with van der Waals surface area (Å²) in [5, 5.41) is 0. The molecule has 0 aliphatic carbocycles. The summed E-state index contributed by atoms with van der Waals surface area (Å²) in [4.78, 5) is 10.3. The van der Waals surface area contributed by atoms with Gasteiger partial charge in [0.1, 0.15) is 0 Å². The molecule has 0 saturated carbocycles. The molecule has 0 amide bonds. The molecule has 62 valence electrons. The van der Waals surface area contributed by atoms with Crippen molar-refractivity contribution >= 4 is 5.97 Å². The molecule has 2 nitrogen and oxygen atoms in total. The van der Waals surface area contributed by atoms with Crippen LogP contribution in [0.5, 0.6) is 0 Å². The predicted octanol–water partition coefficient (Wildman–Crippen LogP) is 2.28. The topological polar surface area (TPSA) is 26.3 Å². The van der Waals surface area contributed by atoms with Crippen LogP contribution in [0.2, 0.25) is 0 Å². The average molecular weight is 154 g/mol. The fraction of sp³-hybridized carbons (Fsp3) is 0.444. The van der Waals surface area contributed by atoms with E-state index < -0.39 is 0 Å². The van der Waals surface area contributed by atoms with Crippen LogP contribution in [0.1, 0.15) is 20.3 Å². The predicted molar refractivity (Wildman–Crippen MR) is 44.9 cm³/mol. The van der Waals surface area contributed by atoms with Crippen LogP contribution >= 0.6 is 0 Å². The van der Waals surface area contributed by atoms with Crippen LogP contribution in [-0.2, 0) is 9.53 Å². The van der Waals surface area contributed by atoms with E-state index in [1.54, 1.807) is 0 Å². The lowest BCUT2D eigenvalue weighted by atomic mass is 10.1. The lowest BCUT2D eigenvalue weighted by Crippen LogP contribution is -1.90. The first-order chi connectivity index (χ1) is 5.16. The van der Waals surface area contributed by atoms with Crippen LogP contribution in [0.3, 0.4) is 0 Å². The van der Waals surface area contributed by atoms with Gasteiger partial charge in [-0.05, 0) is 18.4 Å². The second kappa shape index (κ2) is 5.71. The maximum absolute atomic E-state index is 10.3. The van der Waals surface area contributed by atoms with E-state index in [-0.39, 0.29) is 5.97 Å². The van der Waals surface area contributed by atoms with Crippen LogP contribution in [0.4, 0.5) is 0 Å². The monoisotopic (exact) mass is 154 g/mol. The van der Waals surface area contributed by atoms with Crippen molar-refractivity contribution in [3.8, 4) is 0 Å². The van der Waals surface area contributed by atoms with Crippen molar-refractivity contribution in [3.63, 3.8) is 0 Å². The first-order valence-corrected chi connectivity index (χ1v) is 3.61. The molecule has 0 rings (SSSR count). The first kappa shape index (κ1) is 9.95. The molecule has 0 heterocycles. The van der Waals surface area contributed by atoms with E-state index in [0.29, 0.717) is 5.92 Å². The highest BCUT2D eigenvalue weighted by atomic mass is 16.5. The highest BCUT2D eigenvalue weighted by molar-refractivity contribution is 5.66. The van der Waals surface area contributed by atoms with Gasteiger partial charge in [0.25, 0.3) is 0 Å². The smallest absolute Gasteiger partial charge is 0.307 e. The van der Waals surface area contributed by atoms with Crippen molar-refractivity contribution in [2.45, 2.75) is 20.3 Å². The highest BCUT2D eigenvalue weighted by Crippen LogP contribution is 2.02. The van der Waals surface area contributed by atoms with Gasteiger partial charge < -0.3 is 4.74 Å². The Morgan fingerprint density at radius 1 is 1.73 bits per heavy atom. The van der Waals surface area contributed by atoms with Gasteiger partial charge in [0.2, 0.25) is 0 Å². The average Bonchev–Trinajstić information content (AvgIpc) is 1.97. The minimum absolute atomic E-state index is 0.285. The quantitative estimate of drug-likeness (QED) is 0.353. The molecule has 0 aromatic heterocycles. The van der Waals surface area contributed by atoms with Crippen molar-refractivity contribution in [3.05, 3.63) is 25.0 Å². The van der Waals surface area contributed by atoms with Gasteiger partial charge >= 0.3 is 5.97 Å². The number of ether oxygens (including phenoxy) is 1. The summed E-state index contributed by atoms with van der Waals surface area (Å²) in [6.07, 6.45) is 5.95. The lowest BCUT2D eigenvalue weighted by molar-refractivity contribution is -0.135. The van der Waals surface area contributed by atoms with E-state index in [1.807, 2.05) is 19.1 Å². The fourth-order valence-electron chi connectivity index (χ4n) is 0.510. The molecule has 0 saturated heterocycles. The molecular weight excluding hydrogens is 140 g/mol. The third-order valence-electron chi connectivity index (χ3n) is 1.24. The van der Waals surface area contributed by atoms with Gasteiger partial charge in [-0.3, -0.25) is 4.79 Å². The van der Waals surface area contributed by atoms with Gasteiger partial charge in [-0.25, -0.2) is 0 Å². The van der Waals surface area contributed by atoms with Crippen molar-refractivity contribution in [1.29, 1.82) is 0 Å². The van der Waals surface area contributed by atoms with E-state index in [2.05, 4.69) is 11.3 Å². The molecule has 0 N–H and O–H groups in total. The van der Waals surface area contributed by atoms with Crippen molar-refractivity contribution in [1.82, 2.24) is 0 Å². The first-order valence-electron chi connectivity index (χ1n) is 3.61. The SMILES string of the molecule is C=CC(C)C/C=C\OC(C)=O. The summed E-state index contributed by atoms with van der Waals surface area (Å²) in [5.74, 6) is 0.148. The Bertz CT molecular complexity index is 159. The molecule has 2 heteroatoms. The second-order valence-corrected chi connectivity index (χ2v) is 2.43. The minimum Gasteiger partial charge on any atom is -0.435 e. The molecule has 1 atom stereocenters. The van der Waals surface area contributed by atoms with Crippen molar-refractivity contribution < 1.29 is 9.53 Å². The fourth-order valence-corrected chi connectivity index (χ4v) is 0.510. The van der Waals surface area contributed by atoms with Crippen LogP contribution in [0.25, 0.3) is 0 Å². The maximum Gasteiger partial charge on any atom is 0.307 e. The molecule has 11 heavy (non-hydrogen) atoms. The summed E-state index contributed by atoms with van der Waals surface area (Å²) in [7, 11) is 0. The van der Waals surface area contributed by atoms with E-state index in [1.165, 1.54) is 13.2 Å². The summed E-state index contributed by atoms with van der Waals surface area (Å²) in [6.45, 7) is 7.06. The Kier molecular flexibility index (Phi) is 5.17. The Morgan fingerprint density at radius 3 is 2.82 bits per heavy atom. The van der Waals surface area contributed by atoms with E-state index >= 15 is 0 Å². The van der Waals surface area contributed by atoms with Gasteiger partial charge in [0.05, 0.1) is 6.26 Å². The van der Waals surface area contributed by atoms with E-state index in [4.69, 9.17) is 0 Å². The summed E-state index contributed by atoms with van der Waals surface area (Å²) in [5.41, 5.74) is 0. The number of hydrogen-bond donors (Lipinski definition) is 0. The number of carbonyl (C=O) groups excluding carboxylic acids is 1. The van der Waals surface area contributed by atoms with Gasteiger partial charge in [0, 0.05) is 6.92 Å². The normalized spacial score (nSPS) is 12.9. The number of esters is 1. The molecule has 0 fully saturated rings. The molecule has 0 aromatic rings. The zero-order chi connectivity index (χ0) is 8.69. The Morgan fingerprint density at radius 2 is 2.36 bits per heavy atom. The Balaban J connectivity index is 3.44. The van der Waals surface area contributed by atoms with Crippen molar-refractivity contribution in [2.24, 2.45) is 5.92 Å². The number of hydrogen-bond acceptors (Lipinski definition) is 2. The van der Waals surface area contributed by atoms with Gasteiger partial charge in [0.15, 0.2) is 0 Å². The second-order valence-electron chi connectivity index (χ2n) is 2.43. The number of allylic oxidation sites excluding steroid dienone is 2. The Hall–Kier alpha value is -1.05. The molecule has 0 spiro atoms. The third kappa shape index (κ3) is 6.84. The molecule has 0 bridgehead atoms. The minimum atomic E-state index is -0.285. The van der Waals surface area contributed by atoms with Crippen LogP contribution < -0.4 is 0 Å². The van der Waals surface area contributed by atoms with Crippen LogP contribution in [0, 0.1) is 5.92 Å². The number of carbonyl (C=O) groups is 1. The standard InChI is InChI=1S/C9H14O2/c1-4-8(2)6-5-7-11-9(3)10/h4-5,7-8H,1,6H2,2-3H3/b7-5-. The van der Waals surface area contributed by atoms with E-state index in [0.717, 1.165) is 6.42 Å². The zero-order valence-corrected chi connectivity index (χ0v) is 7.04. The largest absolute Gasteiger partial charge is 0.435 e. The molecule has 0 aliphatic heterocycles. The molecule has 1 unspecified atom stereocenters. The molecular formula is C9H14O2. The van der Waals surface area contributed by atoms with Gasteiger partial charge in [-0.1, -0.05) is 13.0 Å². The zero-order valence-electron chi connectivity index (χ0n) is 7.04. The summed E-state index contributed by atoms with van der Waals surface area (Å²) >= 11 is 0. The Labute approximate surface area is 67.6 Å². The van der Waals surface area contributed by atoms with E-state index in [9.17, 15) is 4.79 Å². The van der Waals surface area contributed by atoms with Gasteiger partial charge in [-0.2, -0.15) is 0 Å². The van der Waals surface area contributed by atoms with Crippen molar-refractivity contribution in [2.75, 3.05) is 0 Å². The summed E-state index contributed by atoms with van der Waals surface area (Å²) < 4.78 is 4.58. The van der Waals surface area contributed by atoms with Crippen LogP contribution in [0.15, 0.2) is 25.0 Å². The highest BCUT2D eigenvalue weighted by Gasteiger charge is 1.90. The maximum atomic E-state index is 10.3. The molecule has 0 radical (unpaired) electrons. The van der Waals surface area contributed by atoms with Crippen LogP contribution in [-0.4, -0.2) is 5.97 Å². The lowest BCUT2D eigenvalue weighted by Gasteiger charge is -1.98. The number of rotatable bonds is 4. The molecule has 0 aromatic carbocycles. The third-order valence-corrected chi connectivity index (χ3v) is 1.24. The summed E-state index contributed by atoms with van der Waals surface area (Å²) in [6, 6.07) is 0. The van der Waals surface area contributed by atoms with Gasteiger partial charge in [-0.15, -0.1) is 6.58 Å². The molecule has 0 aliphatic rings.